The highest BCUT2D eigenvalue weighted by molar-refractivity contribution is 5.92. The van der Waals surface area contributed by atoms with Crippen LogP contribution in [0.4, 0.5) is 0 Å². The number of nitrogens with two attached hydrogens (primary N) is 1. The summed E-state index contributed by atoms with van der Waals surface area (Å²) >= 11 is 0. The molecule has 1 amide bonds. The minimum Gasteiger partial charge on any atom is -0.366 e. The third-order valence-corrected chi connectivity index (χ3v) is 1.08. The summed E-state index contributed by atoms with van der Waals surface area (Å²) in [5.74, 6) is -0.386. The monoisotopic (exact) mass is 123 g/mol. The molecule has 0 saturated heterocycles. The van der Waals surface area contributed by atoms with Gasteiger partial charge >= 0.3 is 0 Å². The molecule has 0 aromatic carbocycles. The standard InChI is InChI=1S/C6H7N2O/c7-6(9)5-2-1-3-8-4-5/h1,3-4H,2H2,(H2,7,9). The number of amides is 1. The molecule has 1 rings (SSSR count). The Balaban J connectivity index is 2.61. The van der Waals surface area contributed by atoms with Crippen LogP contribution in [0.3, 0.4) is 0 Å². The third-order valence-electron chi connectivity index (χ3n) is 1.08. The number of allylic oxidation sites excluding steroid dienone is 1. The van der Waals surface area contributed by atoms with Crippen LogP contribution in [0, 0.1) is 0 Å². The normalized spacial score (nSPS) is 16.2. The second-order valence-corrected chi connectivity index (χ2v) is 1.76. The maximum absolute atomic E-state index is 10.4. The van der Waals surface area contributed by atoms with Crippen molar-refractivity contribution >= 4 is 5.91 Å². The number of carbonyl (C=O) groups is 1. The first-order valence-corrected chi connectivity index (χ1v) is 2.64. The van der Waals surface area contributed by atoms with E-state index < -0.39 is 0 Å². The molecule has 9 heavy (non-hydrogen) atoms. The Kier molecular flexibility index (Phi) is 1.53. The number of hydrogen-bond acceptors (Lipinski definition) is 1. The van der Waals surface area contributed by atoms with Crippen molar-refractivity contribution in [3.05, 3.63) is 24.0 Å². The number of primary amides is 1. The molecule has 1 radical (unpaired) electrons. The lowest BCUT2D eigenvalue weighted by Gasteiger charge is -2.01. The van der Waals surface area contributed by atoms with Crippen LogP contribution in [0.5, 0.6) is 0 Å². The van der Waals surface area contributed by atoms with Gasteiger partial charge in [-0.3, -0.25) is 10.1 Å². The average Bonchev–Trinajstić information content (AvgIpc) is 1.90. The number of nitrogens with zero attached hydrogens (tertiary/aromatic N) is 1. The van der Waals surface area contributed by atoms with E-state index in [0.717, 1.165) is 0 Å². The van der Waals surface area contributed by atoms with Crippen molar-refractivity contribution in [2.75, 3.05) is 0 Å². The molecule has 0 saturated carbocycles. The number of carbonyl (C=O) groups excluding carboxylic acids is 1. The maximum Gasteiger partial charge on any atom is 0.246 e. The van der Waals surface area contributed by atoms with E-state index in [2.05, 4.69) is 5.32 Å². The van der Waals surface area contributed by atoms with Crippen LogP contribution in [0.2, 0.25) is 0 Å². The second-order valence-electron chi connectivity index (χ2n) is 1.76. The zero-order valence-corrected chi connectivity index (χ0v) is 4.87. The smallest absolute Gasteiger partial charge is 0.246 e. The molecule has 1 heterocycles. The molecule has 0 fully saturated rings. The van der Waals surface area contributed by atoms with E-state index in [4.69, 9.17) is 5.73 Å². The quantitative estimate of drug-likeness (QED) is 0.519. The molecule has 1 aliphatic rings. The molecule has 0 aromatic heterocycles. The van der Waals surface area contributed by atoms with E-state index >= 15 is 0 Å². The molecule has 0 aromatic rings. The van der Waals surface area contributed by atoms with Crippen LogP contribution in [0.1, 0.15) is 6.42 Å². The first-order valence-electron chi connectivity index (χ1n) is 2.64. The summed E-state index contributed by atoms with van der Waals surface area (Å²) in [4.78, 5) is 10.4. The van der Waals surface area contributed by atoms with Crippen LogP contribution in [0.25, 0.3) is 0 Å². The molecule has 47 valence electrons. The van der Waals surface area contributed by atoms with E-state index in [9.17, 15) is 4.79 Å². The van der Waals surface area contributed by atoms with E-state index in [1.54, 1.807) is 12.3 Å². The summed E-state index contributed by atoms with van der Waals surface area (Å²) in [6.07, 6.45) is 5.54. The fourth-order valence-electron chi connectivity index (χ4n) is 0.590. The van der Waals surface area contributed by atoms with Gasteiger partial charge in [-0.2, -0.15) is 0 Å². The van der Waals surface area contributed by atoms with Crippen molar-refractivity contribution in [1.82, 2.24) is 5.32 Å². The van der Waals surface area contributed by atoms with Crippen LogP contribution in [0.15, 0.2) is 24.0 Å². The van der Waals surface area contributed by atoms with Crippen molar-refractivity contribution in [2.45, 2.75) is 6.42 Å². The summed E-state index contributed by atoms with van der Waals surface area (Å²) < 4.78 is 0. The molecule has 1 aliphatic heterocycles. The Morgan fingerprint density at radius 1 is 1.78 bits per heavy atom. The third kappa shape index (κ3) is 1.32. The molecule has 3 heteroatoms. The van der Waals surface area contributed by atoms with Gasteiger partial charge in [0.05, 0.1) is 0 Å². The van der Waals surface area contributed by atoms with Crippen LogP contribution >= 0.6 is 0 Å². The minimum absolute atomic E-state index is 0.386. The highest BCUT2D eigenvalue weighted by Gasteiger charge is 2.03. The molecule has 2 N–H and O–H groups in total. The first-order chi connectivity index (χ1) is 4.30. The fourth-order valence-corrected chi connectivity index (χ4v) is 0.590. The maximum atomic E-state index is 10.4. The largest absolute Gasteiger partial charge is 0.366 e. The minimum atomic E-state index is -0.386. The van der Waals surface area contributed by atoms with Gasteiger partial charge in [-0.05, 0) is 6.42 Å². The average molecular weight is 123 g/mol. The van der Waals surface area contributed by atoms with Gasteiger partial charge in [-0.25, -0.2) is 0 Å². The molecule has 0 spiro atoms. The Hall–Kier alpha value is -1.25. The summed E-state index contributed by atoms with van der Waals surface area (Å²) in [6, 6.07) is 0. The number of rotatable bonds is 1. The van der Waals surface area contributed by atoms with Crippen LogP contribution in [-0.4, -0.2) is 5.91 Å². The van der Waals surface area contributed by atoms with Gasteiger partial charge in [0.2, 0.25) is 5.91 Å². The van der Waals surface area contributed by atoms with E-state index in [1.807, 2.05) is 0 Å². The predicted octanol–water partition coefficient (Wildman–Crippen LogP) is -0.123. The van der Waals surface area contributed by atoms with E-state index in [-0.39, 0.29) is 5.91 Å². The van der Waals surface area contributed by atoms with Crippen molar-refractivity contribution in [2.24, 2.45) is 5.73 Å². The number of hydrogen-bond donors (Lipinski definition) is 1. The highest BCUT2D eigenvalue weighted by atomic mass is 16.1. The zero-order chi connectivity index (χ0) is 6.69. The lowest BCUT2D eigenvalue weighted by atomic mass is 10.2. The van der Waals surface area contributed by atoms with Gasteiger partial charge in [-0.1, -0.05) is 6.08 Å². The zero-order valence-electron chi connectivity index (χ0n) is 4.87. The molecule has 0 aliphatic carbocycles. The second kappa shape index (κ2) is 2.35. The SMILES string of the molecule is NC(=O)C1=C[N]C=CC1. The molecular formula is C6H7N2O. The van der Waals surface area contributed by atoms with Gasteiger partial charge in [0.1, 0.15) is 0 Å². The van der Waals surface area contributed by atoms with E-state index in [0.29, 0.717) is 12.0 Å². The van der Waals surface area contributed by atoms with Crippen molar-refractivity contribution < 1.29 is 4.79 Å². The lowest BCUT2D eigenvalue weighted by molar-refractivity contribution is -0.114. The molecule has 0 unspecified atom stereocenters. The Morgan fingerprint density at radius 3 is 2.89 bits per heavy atom. The fraction of sp³-hybridized carbons (Fsp3) is 0.167. The van der Waals surface area contributed by atoms with Gasteiger partial charge in [0.25, 0.3) is 0 Å². The van der Waals surface area contributed by atoms with E-state index in [1.165, 1.54) is 6.20 Å². The predicted molar refractivity (Wildman–Crippen MR) is 33.2 cm³/mol. The highest BCUT2D eigenvalue weighted by Crippen LogP contribution is 2.03. The van der Waals surface area contributed by atoms with Crippen molar-refractivity contribution in [3.8, 4) is 0 Å². The summed E-state index contributed by atoms with van der Waals surface area (Å²) in [7, 11) is 0. The van der Waals surface area contributed by atoms with Gasteiger partial charge in [0, 0.05) is 18.0 Å². The Morgan fingerprint density at radius 2 is 2.56 bits per heavy atom. The molecule has 0 bridgehead atoms. The molecular weight excluding hydrogens is 116 g/mol. The van der Waals surface area contributed by atoms with Gasteiger partial charge < -0.3 is 5.73 Å². The van der Waals surface area contributed by atoms with Gasteiger partial charge in [-0.15, -0.1) is 0 Å². The van der Waals surface area contributed by atoms with Gasteiger partial charge in [0.15, 0.2) is 0 Å². The van der Waals surface area contributed by atoms with Crippen molar-refractivity contribution in [3.63, 3.8) is 0 Å². The van der Waals surface area contributed by atoms with Crippen LogP contribution < -0.4 is 11.1 Å². The molecule has 0 atom stereocenters. The Bertz CT molecular complexity index is 181. The van der Waals surface area contributed by atoms with Crippen molar-refractivity contribution in [1.29, 1.82) is 0 Å². The summed E-state index contributed by atoms with van der Waals surface area (Å²) in [5.41, 5.74) is 5.53. The Labute approximate surface area is 53.2 Å². The topological polar surface area (TPSA) is 57.2 Å². The first kappa shape index (κ1) is 5.88. The summed E-state index contributed by atoms with van der Waals surface area (Å²) in [5, 5.41) is 3.74. The summed E-state index contributed by atoms with van der Waals surface area (Å²) in [6.45, 7) is 0. The lowest BCUT2D eigenvalue weighted by Crippen LogP contribution is -2.15. The molecule has 3 nitrogen and oxygen atoms in total. The van der Waals surface area contributed by atoms with Crippen LogP contribution in [-0.2, 0) is 4.79 Å².